The van der Waals surface area contributed by atoms with Gasteiger partial charge in [-0.15, -0.1) is 0 Å². The Hall–Kier alpha value is -2.50. The van der Waals surface area contributed by atoms with Gasteiger partial charge in [-0.2, -0.15) is 0 Å². The molecule has 0 saturated carbocycles. The van der Waals surface area contributed by atoms with Gasteiger partial charge in [0, 0.05) is 33.7 Å². The molecule has 0 atom stereocenters. The van der Waals surface area contributed by atoms with Crippen molar-refractivity contribution in [2.75, 3.05) is 14.1 Å². The highest BCUT2D eigenvalue weighted by atomic mass is 35.5. The summed E-state index contributed by atoms with van der Waals surface area (Å²) in [6.45, 7) is 2.50. The second-order valence-corrected chi connectivity index (χ2v) is 6.99. The van der Waals surface area contributed by atoms with Crippen molar-refractivity contribution in [1.82, 2.24) is 9.88 Å². The van der Waals surface area contributed by atoms with Crippen LogP contribution >= 0.6 is 11.6 Å². The highest BCUT2D eigenvalue weighted by Gasteiger charge is 2.22. The van der Waals surface area contributed by atoms with Crippen molar-refractivity contribution in [1.29, 1.82) is 0 Å². The van der Waals surface area contributed by atoms with E-state index in [1.807, 2.05) is 38.1 Å². The van der Waals surface area contributed by atoms with Crippen LogP contribution in [0.15, 0.2) is 36.4 Å². The van der Waals surface area contributed by atoms with Gasteiger partial charge in [0.2, 0.25) is 0 Å². The Kier molecular flexibility index (Phi) is 5.20. The Morgan fingerprint density at radius 2 is 1.88 bits per heavy atom. The summed E-state index contributed by atoms with van der Waals surface area (Å²) in [5.74, 6) is -0.258. The summed E-state index contributed by atoms with van der Waals surface area (Å²) in [5, 5.41) is 11.6. The number of ether oxygens (including phenoxy) is 1. The maximum absolute atomic E-state index is 12.8. The zero-order chi connectivity index (χ0) is 18.8. The number of halogens is 1. The average Bonchev–Trinajstić information content (AvgIpc) is 2.93. The number of rotatable bonds is 5. The molecule has 1 heterocycles. The van der Waals surface area contributed by atoms with Gasteiger partial charge in [-0.3, -0.25) is 0 Å². The van der Waals surface area contributed by atoms with Crippen molar-refractivity contribution in [3.05, 3.63) is 63.8 Å². The Balaban J connectivity index is 1.95. The van der Waals surface area contributed by atoms with Crippen LogP contribution < -0.4 is 0 Å². The molecule has 0 radical (unpaired) electrons. The van der Waals surface area contributed by atoms with E-state index in [9.17, 15) is 9.90 Å². The molecule has 0 aliphatic carbocycles. The average molecular weight is 373 g/mol. The number of aryl methyl sites for hydroxylation is 1. The molecule has 26 heavy (non-hydrogen) atoms. The van der Waals surface area contributed by atoms with Gasteiger partial charge < -0.3 is 19.7 Å². The molecule has 3 aromatic rings. The topological polar surface area (TPSA) is 65.6 Å². The van der Waals surface area contributed by atoms with Gasteiger partial charge in [-0.1, -0.05) is 23.7 Å². The van der Waals surface area contributed by atoms with Gasteiger partial charge >= 0.3 is 5.97 Å². The minimum Gasteiger partial charge on any atom is -0.508 e. The van der Waals surface area contributed by atoms with Crippen molar-refractivity contribution < 1.29 is 14.6 Å². The molecule has 5 nitrogen and oxygen atoms in total. The maximum atomic E-state index is 12.8. The second-order valence-electron chi connectivity index (χ2n) is 6.55. The second kappa shape index (κ2) is 7.40. The Morgan fingerprint density at radius 3 is 2.54 bits per heavy atom. The zero-order valence-electron chi connectivity index (χ0n) is 15.0. The van der Waals surface area contributed by atoms with Gasteiger partial charge in [-0.25, -0.2) is 4.79 Å². The quantitative estimate of drug-likeness (QED) is 0.657. The van der Waals surface area contributed by atoms with E-state index in [4.69, 9.17) is 16.3 Å². The summed E-state index contributed by atoms with van der Waals surface area (Å²) in [4.78, 5) is 17.9. The molecule has 0 bridgehead atoms. The number of H-pyrrole nitrogens is 1. The lowest BCUT2D eigenvalue weighted by atomic mass is 10.0. The summed E-state index contributed by atoms with van der Waals surface area (Å²) >= 11 is 5.88. The Morgan fingerprint density at radius 1 is 1.19 bits per heavy atom. The number of carbonyl (C=O) groups is 1. The largest absolute Gasteiger partial charge is 0.508 e. The standard InChI is InChI=1S/C20H21ClN2O3/c1-12-18(20(25)26-11-13-4-6-14(21)7-5-13)19-15(10-23(2)3)17(24)9-8-16(19)22-12/h4-9,22,24H,10-11H2,1-3H3. The smallest absolute Gasteiger partial charge is 0.340 e. The van der Waals surface area contributed by atoms with Gasteiger partial charge in [0.05, 0.1) is 5.56 Å². The molecular weight excluding hydrogens is 352 g/mol. The highest BCUT2D eigenvalue weighted by molar-refractivity contribution is 6.30. The van der Waals surface area contributed by atoms with Crippen LogP contribution in [0.3, 0.4) is 0 Å². The summed E-state index contributed by atoms with van der Waals surface area (Å²) in [6, 6.07) is 10.6. The van der Waals surface area contributed by atoms with Crippen LogP contribution in [0, 0.1) is 6.92 Å². The van der Waals surface area contributed by atoms with E-state index in [-0.39, 0.29) is 12.4 Å². The molecule has 0 fully saturated rings. The fourth-order valence-electron chi connectivity index (χ4n) is 3.01. The molecule has 0 aliphatic heterocycles. The first-order valence-electron chi connectivity index (χ1n) is 8.26. The predicted molar refractivity (Wildman–Crippen MR) is 103 cm³/mol. The summed E-state index contributed by atoms with van der Waals surface area (Å²) < 4.78 is 5.50. The van der Waals surface area contributed by atoms with E-state index in [0.717, 1.165) is 11.1 Å². The number of aromatic hydroxyl groups is 1. The first-order valence-corrected chi connectivity index (χ1v) is 8.64. The third kappa shape index (κ3) is 3.69. The number of aromatic nitrogens is 1. The lowest BCUT2D eigenvalue weighted by Crippen LogP contribution is -2.12. The van der Waals surface area contributed by atoms with Gasteiger partial charge in [0.15, 0.2) is 0 Å². The van der Waals surface area contributed by atoms with Crippen molar-refractivity contribution in [2.45, 2.75) is 20.1 Å². The predicted octanol–water partition coefficient (Wildman–Crippen LogP) is 4.25. The van der Waals surface area contributed by atoms with Gasteiger partial charge in [0.25, 0.3) is 0 Å². The molecule has 136 valence electrons. The fraction of sp³-hybridized carbons (Fsp3) is 0.250. The molecule has 2 aromatic carbocycles. The molecule has 3 rings (SSSR count). The van der Waals surface area contributed by atoms with Crippen LogP contribution in [0.1, 0.15) is 27.2 Å². The lowest BCUT2D eigenvalue weighted by molar-refractivity contribution is 0.0474. The van der Waals surface area contributed by atoms with E-state index in [2.05, 4.69) is 4.98 Å². The summed E-state index contributed by atoms with van der Waals surface area (Å²) in [5.41, 5.74) is 3.54. The molecule has 2 N–H and O–H groups in total. The number of hydrogen-bond acceptors (Lipinski definition) is 4. The van der Waals surface area contributed by atoms with Gasteiger partial charge in [-0.05, 0) is 50.8 Å². The van der Waals surface area contributed by atoms with Crippen molar-refractivity contribution in [2.24, 2.45) is 0 Å². The lowest BCUT2D eigenvalue weighted by Gasteiger charge is -2.14. The first kappa shape index (κ1) is 18.3. The van der Waals surface area contributed by atoms with E-state index in [1.165, 1.54) is 0 Å². The number of phenolic OH excluding ortho intramolecular Hbond substituents is 1. The molecule has 0 saturated heterocycles. The number of hydrogen-bond donors (Lipinski definition) is 2. The molecule has 0 amide bonds. The zero-order valence-corrected chi connectivity index (χ0v) is 15.7. The van der Waals surface area contributed by atoms with Crippen LogP contribution in [0.25, 0.3) is 10.9 Å². The number of benzene rings is 2. The molecule has 1 aromatic heterocycles. The van der Waals surface area contributed by atoms with E-state index in [1.54, 1.807) is 24.3 Å². The number of phenols is 1. The third-order valence-corrected chi connectivity index (χ3v) is 4.45. The molecule has 0 unspecified atom stereocenters. The van der Waals surface area contributed by atoms with Crippen molar-refractivity contribution in [3.8, 4) is 5.75 Å². The van der Waals surface area contributed by atoms with Crippen LogP contribution in [0.2, 0.25) is 5.02 Å². The number of esters is 1. The van der Waals surface area contributed by atoms with Gasteiger partial charge in [0.1, 0.15) is 12.4 Å². The van der Waals surface area contributed by atoms with Crippen LogP contribution in [-0.2, 0) is 17.9 Å². The number of carbonyl (C=O) groups excluding carboxylic acids is 1. The van der Waals surface area contributed by atoms with Crippen LogP contribution in [-0.4, -0.2) is 35.1 Å². The van der Waals surface area contributed by atoms with Crippen molar-refractivity contribution in [3.63, 3.8) is 0 Å². The van der Waals surface area contributed by atoms with Crippen LogP contribution in [0.5, 0.6) is 5.75 Å². The molecule has 0 spiro atoms. The third-order valence-electron chi connectivity index (χ3n) is 4.20. The Labute approximate surface area is 157 Å². The molecule has 0 aliphatic rings. The summed E-state index contributed by atoms with van der Waals surface area (Å²) in [7, 11) is 3.83. The number of nitrogens with one attached hydrogen (secondary N) is 1. The number of aromatic amines is 1. The van der Waals surface area contributed by atoms with E-state index < -0.39 is 5.97 Å². The van der Waals surface area contributed by atoms with E-state index in [0.29, 0.717) is 33.8 Å². The first-order chi connectivity index (χ1) is 12.4. The Bertz CT molecular complexity index is 946. The van der Waals surface area contributed by atoms with Crippen molar-refractivity contribution >= 4 is 28.5 Å². The normalized spacial score (nSPS) is 11.3. The summed E-state index contributed by atoms with van der Waals surface area (Å²) in [6.07, 6.45) is 0. The molecular formula is C20H21ClN2O3. The van der Waals surface area contributed by atoms with Crippen LogP contribution in [0.4, 0.5) is 0 Å². The fourth-order valence-corrected chi connectivity index (χ4v) is 3.14. The maximum Gasteiger partial charge on any atom is 0.340 e. The SMILES string of the molecule is Cc1[nH]c2ccc(O)c(CN(C)C)c2c1C(=O)OCc1ccc(Cl)cc1. The minimum atomic E-state index is -0.422. The number of nitrogens with zero attached hydrogens (tertiary/aromatic N) is 1. The molecule has 6 heteroatoms. The van der Waals surface area contributed by atoms with E-state index >= 15 is 0 Å². The highest BCUT2D eigenvalue weighted by Crippen LogP contribution is 2.33. The monoisotopic (exact) mass is 372 g/mol. The minimum absolute atomic E-state index is 0.157. The number of fused-ring (bicyclic) bond motifs is 1.